The maximum absolute atomic E-state index is 13.5. The fraction of sp³-hybridized carbons (Fsp3) is 0.364. The molecule has 0 saturated heterocycles. The van der Waals surface area contributed by atoms with Gasteiger partial charge in [-0.2, -0.15) is 0 Å². The van der Waals surface area contributed by atoms with E-state index in [1.165, 1.54) is 0 Å². The van der Waals surface area contributed by atoms with Crippen LogP contribution in [0, 0.1) is 11.6 Å². The number of rotatable bonds is 6. The maximum Gasteiger partial charge on any atom is 0.243 e. The standard InChI is InChI=1S/C11H14F2N2O2S2/c1-2-8(6-11(14)18)15-19(16,17)10-4-3-7(12)5-9(10)13/h3-5,8,15H,2,6H2,1H3,(H2,14,18). The van der Waals surface area contributed by atoms with Crippen LogP contribution in [0.1, 0.15) is 19.8 Å². The minimum Gasteiger partial charge on any atom is -0.393 e. The SMILES string of the molecule is CCC(CC(N)=S)NS(=O)(=O)c1ccc(F)cc1F. The number of nitrogens with one attached hydrogen (secondary N) is 1. The second kappa shape index (κ2) is 6.36. The third kappa shape index (κ3) is 4.48. The first-order valence-corrected chi connectivity index (χ1v) is 7.41. The van der Waals surface area contributed by atoms with Gasteiger partial charge in [0.2, 0.25) is 10.0 Å². The summed E-state index contributed by atoms with van der Waals surface area (Å²) in [6, 6.07) is 1.75. The van der Waals surface area contributed by atoms with Crippen LogP contribution in [-0.2, 0) is 10.0 Å². The molecule has 0 heterocycles. The van der Waals surface area contributed by atoms with Crippen molar-refractivity contribution in [2.75, 3.05) is 0 Å². The Morgan fingerprint density at radius 1 is 1.47 bits per heavy atom. The van der Waals surface area contributed by atoms with Crippen molar-refractivity contribution in [3.8, 4) is 0 Å². The second-order valence-corrected chi connectivity index (χ2v) is 6.18. The van der Waals surface area contributed by atoms with Crippen molar-refractivity contribution < 1.29 is 17.2 Å². The normalized spacial score (nSPS) is 13.2. The maximum atomic E-state index is 13.5. The van der Waals surface area contributed by atoms with Crippen LogP contribution in [0.3, 0.4) is 0 Å². The van der Waals surface area contributed by atoms with Gasteiger partial charge in [-0.25, -0.2) is 21.9 Å². The molecule has 0 amide bonds. The van der Waals surface area contributed by atoms with Crippen LogP contribution >= 0.6 is 12.2 Å². The van der Waals surface area contributed by atoms with Crippen molar-refractivity contribution in [1.82, 2.24) is 4.72 Å². The minimum atomic E-state index is -4.07. The van der Waals surface area contributed by atoms with Crippen LogP contribution in [0.15, 0.2) is 23.1 Å². The predicted octanol–water partition coefficient (Wildman–Crippen LogP) is 1.70. The number of hydrogen-bond acceptors (Lipinski definition) is 3. The Hall–Kier alpha value is -1.12. The Bertz CT molecular complexity index is 576. The molecule has 3 N–H and O–H groups in total. The molecule has 1 aromatic carbocycles. The summed E-state index contributed by atoms with van der Waals surface area (Å²) in [5.41, 5.74) is 5.35. The molecular weight excluding hydrogens is 294 g/mol. The van der Waals surface area contributed by atoms with Gasteiger partial charge in [-0.3, -0.25) is 0 Å². The molecule has 106 valence electrons. The van der Waals surface area contributed by atoms with Crippen LogP contribution in [0.4, 0.5) is 8.78 Å². The molecule has 1 unspecified atom stereocenters. The van der Waals surface area contributed by atoms with Crippen LogP contribution in [-0.4, -0.2) is 19.4 Å². The number of sulfonamides is 1. The highest BCUT2D eigenvalue weighted by Gasteiger charge is 2.23. The zero-order chi connectivity index (χ0) is 14.6. The highest BCUT2D eigenvalue weighted by Crippen LogP contribution is 2.16. The fourth-order valence-corrected chi connectivity index (χ4v) is 3.07. The molecule has 0 saturated carbocycles. The van der Waals surface area contributed by atoms with E-state index in [0.29, 0.717) is 12.5 Å². The predicted molar refractivity (Wildman–Crippen MR) is 72.2 cm³/mol. The fourth-order valence-electron chi connectivity index (χ4n) is 1.49. The molecule has 0 fully saturated rings. The number of nitrogens with two attached hydrogens (primary N) is 1. The van der Waals surface area contributed by atoms with Crippen LogP contribution in [0.25, 0.3) is 0 Å². The van der Waals surface area contributed by atoms with Crippen molar-refractivity contribution in [3.05, 3.63) is 29.8 Å². The number of hydrogen-bond donors (Lipinski definition) is 2. The van der Waals surface area contributed by atoms with Crippen LogP contribution in [0.2, 0.25) is 0 Å². The Kier molecular flexibility index (Phi) is 5.33. The lowest BCUT2D eigenvalue weighted by Crippen LogP contribution is -2.37. The first kappa shape index (κ1) is 15.9. The molecule has 0 aromatic heterocycles. The van der Waals surface area contributed by atoms with Gasteiger partial charge in [0.05, 0.1) is 4.99 Å². The van der Waals surface area contributed by atoms with Crippen molar-refractivity contribution >= 4 is 27.2 Å². The first-order valence-electron chi connectivity index (χ1n) is 5.52. The molecule has 1 atom stereocenters. The van der Waals surface area contributed by atoms with Gasteiger partial charge in [0.15, 0.2) is 0 Å². The average Bonchev–Trinajstić information content (AvgIpc) is 2.26. The third-order valence-electron chi connectivity index (χ3n) is 2.45. The van der Waals surface area contributed by atoms with Crippen molar-refractivity contribution in [3.63, 3.8) is 0 Å². The highest BCUT2D eigenvalue weighted by molar-refractivity contribution is 7.89. The molecule has 4 nitrogen and oxygen atoms in total. The van der Waals surface area contributed by atoms with E-state index in [-0.39, 0.29) is 11.4 Å². The van der Waals surface area contributed by atoms with Crippen molar-refractivity contribution in [1.29, 1.82) is 0 Å². The molecule has 0 radical (unpaired) electrons. The van der Waals surface area contributed by atoms with Gasteiger partial charge in [0.1, 0.15) is 16.5 Å². The topological polar surface area (TPSA) is 72.2 Å². The summed E-state index contributed by atoms with van der Waals surface area (Å²) in [5.74, 6) is -1.98. The molecule has 19 heavy (non-hydrogen) atoms. The molecule has 0 aliphatic carbocycles. The molecule has 0 aliphatic heterocycles. The quantitative estimate of drug-likeness (QED) is 0.785. The average molecular weight is 308 g/mol. The van der Waals surface area contributed by atoms with Gasteiger partial charge in [0.25, 0.3) is 0 Å². The van der Waals surface area contributed by atoms with E-state index in [0.717, 1.165) is 12.1 Å². The van der Waals surface area contributed by atoms with Crippen LogP contribution < -0.4 is 10.5 Å². The Labute approximate surface area is 116 Å². The second-order valence-electron chi connectivity index (χ2n) is 3.97. The minimum absolute atomic E-state index is 0.161. The zero-order valence-corrected chi connectivity index (χ0v) is 11.8. The van der Waals surface area contributed by atoms with E-state index in [1.807, 2.05) is 0 Å². The van der Waals surface area contributed by atoms with E-state index in [9.17, 15) is 17.2 Å². The Morgan fingerprint density at radius 3 is 2.58 bits per heavy atom. The van der Waals surface area contributed by atoms with Gasteiger partial charge in [-0.05, 0) is 18.6 Å². The van der Waals surface area contributed by atoms with Gasteiger partial charge in [-0.1, -0.05) is 19.1 Å². The van der Waals surface area contributed by atoms with Crippen molar-refractivity contribution in [2.45, 2.75) is 30.7 Å². The van der Waals surface area contributed by atoms with Crippen LogP contribution in [0.5, 0.6) is 0 Å². The Balaban J connectivity index is 3.00. The summed E-state index contributed by atoms with van der Waals surface area (Å²) in [4.78, 5) is -0.440. The van der Waals surface area contributed by atoms with E-state index < -0.39 is 32.6 Å². The molecular formula is C11H14F2N2O2S2. The van der Waals surface area contributed by atoms with Gasteiger partial charge < -0.3 is 5.73 Å². The largest absolute Gasteiger partial charge is 0.393 e. The van der Waals surface area contributed by atoms with Gasteiger partial charge >= 0.3 is 0 Å². The Morgan fingerprint density at radius 2 is 2.11 bits per heavy atom. The van der Waals surface area contributed by atoms with Crippen molar-refractivity contribution in [2.24, 2.45) is 5.73 Å². The lowest BCUT2D eigenvalue weighted by molar-refractivity contribution is 0.526. The number of thiocarbonyl (C=S) groups is 1. The van der Waals surface area contributed by atoms with E-state index in [1.54, 1.807) is 6.92 Å². The lowest BCUT2D eigenvalue weighted by Gasteiger charge is -2.16. The third-order valence-corrected chi connectivity index (χ3v) is 4.17. The molecule has 0 aliphatic rings. The first-order chi connectivity index (χ1) is 8.76. The van der Waals surface area contributed by atoms with E-state index in [2.05, 4.69) is 4.72 Å². The summed E-state index contributed by atoms with van der Waals surface area (Å²) >= 11 is 4.71. The summed E-state index contributed by atoms with van der Waals surface area (Å²) in [5, 5.41) is 0. The lowest BCUT2D eigenvalue weighted by atomic mass is 10.2. The smallest absolute Gasteiger partial charge is 0.243 e. The summed E-state index contributed by atoms with van der Waals surface area (Å²) in [6.45, 7) is 1.74. The zero-order valence-electron chi connectivity index (χ0n) is 10.2. The van der Waals surface area contributed by atoms with Gasteiger partial charge in [0, 0.05) is 18.5 Å². The van der Waals surface area contributed by atoms with E-state index in [4.69, 9.17) is 18.0 Å². The molecule has 0 bridgehead atoms. The number of benzene rings is 1. The molecule has 1 rings (SSSR count). The summed E-state index contributed by atoms with van der Waals surface area (Å²) in [6.07, 6.45) is 0.618. The van der Waals surface area contributed by atoms with Gasteiger partial charge in [-0.15, -0.1) is 0 Å². The monoisotopic (exact) mass is 308 g/mol. The summed E-state index contributed by atoms with van der Waals surface area (Å²) in [7, 11) is -4.07. The summed E-state index contributed by atoms with van der Waals surface area (Å²) < 4.78 is 52.4. The molecule has 8 heteroatoms. The number of halogens is 2. The molecule has 1 aromatic rings. The highest BCUT2D eigenvalue weighted by atomic mass is 32.2. The molecule has 0 spiro atoms. The van der Waals surface area contributed by atoms with E-state index >= 15 is 0 Å².